The molecule has 0 radical (unpaired) electrons. The van der Waals surface area contributed by atoms with E-state index >= 15 is 4.39 Å². The van der Waals surface area contributed by atoms with Crippen LogP contribution in [-0.2, 0) is 5.75 Å². The van der Waals surface area contributed by atoms with Gasteiger partial charge in [0.25, 0.3) is 5.91 Å². The zero-order valence-electron chi connectivity index (χ0n) is 19.3. The number of carbonyl (C=O) groups excluding carboxylic acids is 1. The van der Waals surface area contributed by atoms with Gasteiger partial charge >= 0.3 is 0 Å². The van der Waals surface area contributed by atoms with E-state index in [9.17, 15) is 14.0 Å². The summed E-state index contributed by atoms with van der Waals surface area (Å²) in [7, 11) is 0. The summed E-state index contributed by atoms with van der Waals surface area (Å²) < 4.78 is 35.4. The number of aromatic nitrogens is 2. The molecule has 3 aromatic carbocycles. The molecule has 0 N–H and O–H groups in total. The molecule has 1 unspecified atom stereocenters. The van der Waals surface area contributed by atoms with Gasteiger partial charge in [-0.15, -0.1) is 10.2 Å². The molecule has 0 saturated heterocycles. The van der Waals surface area contributed by atoms with Crippen LogP contribution in [0.15, 0.2) is 80.3 Å². The van der Waals surface area contributed by atoms with Crippen LogP contribution in [0.25, 0.3) is 11.0 Å². The number of fused-ring (bicyclic) bond motifs is 2. The number of halogens is 2. The Balaban J connectivity index is 1.44. The lowest BCUT2D eigenvalue weighted by molar-refractivity contribution is 0.0970. The van der Waals surface area contributed by atoms with E-state index in [0.717, 1.165) is 34.6 Å². The van der Waals surface area contributed by atoms with Crippen molar-refractivity contribution in [3.8, 4) is 0 Å². The minimum Gasteiger partial charge on any atom is -0.450 e. The van der Waals surface area contributed by atoms with E-state index in [1.165, 1.54) is 40.9 Å². The molecular formula is C27H17F2N3O3S2. The van der Waals surface area contributed by atoms with Crippen LogP contribution in [0.5, 0.6) is 0 Å². The van der Waals surface area contributed by atoms with Crippen molar-refractivity contribution in [2.24, 2.45) is 0 Å². The second-order valence-electron chi connectivity index (χ2n) is 8.54. The fourth-order valence-corrected chi connectivity index (χ4v) is 6.14. The fourth-order valence-electron chi connectivity index (χ4n) is 4.32. The number of amides is 1. The molecule has 37 heavy (non-hydrogen) atoms. The summed E-state index contributed by atoms with van der Waals surface area (Å²) in [5, 5.41) is 8.59. The number of hydrogen-bond donors (Lipinski definition) is 0. The van der Waals surface area contributed by atoms with Crippen LogP contribution in [0.2, 0.25) is 0 Å². The van der Waals surface area contributed by atoms with Gasteiger partial charge in [0, 0.05) is 11.3 Å². The average Bonchev–Trinajstić information content (AvgIpc) is 3.47. The Kier molecular flexibility index (Phi) is 5.85. The Bertz CT molecular complexity index is 1730. The van der Waals surface area contributed by atoms with E-state index in [1.807, 2.05) is 31.2 Å². The second kappa shape index (κ2) is 9.20. The van der Waals surface area contributed by atoms with E-state index in [1.54, 1.807) is 6.07 Å². The van der Waals surface area contributed by atoms with Crippen molar-refractivity contribution in [3.63, 3.8) is 0 Å². The summed E-state index contributed by atoms with van der Waals surface area (Å²) in [5.41, 5.74) is 1.78. The minimum absolute atomic E-state index is 0.0265. The second-order valence-corrected chi connectivity index (χ2v) is 10.7. The number of benzene rings is 3. The van der Waals surface area contributed by atoms with Crippen LogP contribution in [-0.4, -0.2) is 16.1 Å². The quantitative estimate of drug-likeness (QED) is 0.196. The molecule has 184 valence electrons. The maximum Gasteiger partial charge on any atom is 0.297 e. The van der Waals surface area contributed by atoms with Gasteiger partial charge in [0.1, 0.15) is 23.3 Å². The molecule has 0 saturated carbocycles. The average molecular weight is 534 g/mol. The molecule has 0 fully saturated rings. The van der Waals surface area contributed by atoms with Crippen molar-refractivity contribution in [1.29, 1.82) is 0 Å². The van der Waals surface area contributed by atoms with Crippen LogP contribution in [0.4, 0.5) is 13.9 Å². The van der Waals surface area contributed by atoms with E-state index < -0.39 is 29.0 Å². The molecule has 0 aliphatic carbocycles. The Labute approximate surface area is 217 Å². The van der Waals surface area contributed by atoms with E-state index in [-0.39, 0.29) is 33.0 Å². The molecule has 1 atom stereocenters. The lowest BCUT2D eigenvalue weighted by atomic mass is 9.98. The topological polar surface area (TPSA) is 76.3 Å². The summed E-state index contributed by atoms with van der Waals surface area (Å²) in [6, 6.07) is 16.4. The number of hydrogen-bond acceptors (Lipinski definition) is 7. The van der Waals surface area contributed by atoms with E-state index in [2.05, 4.69) is 10.2 Å². The number of thioether (sulfide) groups is 1. The number of carbonyl (C=O) groups is 1. The van der Waals surface area contributed by atoms with Gasteiger partial charge in [-0.1, -0.05) is 71.1 Å². The molecule has 2 aromatic heterocycles. The van der Waals surface area contributed by atoms with Crippen molar-refractivity contribution < 1.29 is 18.0 Å². The molecule has 10 heteroatoms. The first kappa shape index (κ1) is 23.5. The first-order valence-electron chi connectivity index (χ1n) is 11.3. The Morgan fingerprint density at radius 2 is 1.81 bits per heavy atom. The molecule has 1 amide bonds. The SMILES string of the molecule is Cc1ccc(CSc2nnc(N3C(=O)c4oc5ccc(F)cc5c(=O)c4C3c3ccccc3F)s2)cc1. The van der Waals surface area contributed by atoms with E-state index in [0.29, 0.717) is 10.1 Å². The minimum atomic E-state index is -1.14. The van der Waals surface area contributed by atoms with Crippen LogP contribution < -0.4 is 10.3 Å². The third-order valence-electron chi connectivity index (χ3n) is 6.12. The third kappa shape index (κ3) is 4.11. The van der Waals surface area contributed by atoms with Crippen molar-refractivity contribution in [2.75, 3.05) is 4.90 Å². The van der Waals surface area contributed by atoms with Gasteiger partial charge in [0.05, 0.1) is 10.9 Å². The highest BCUT2D eigenvalue weighted by atomic mass is 32.2. The van der Waals surface area contributed by atoms with Gasteiger partial charge in [-0.3, -0.25) is 14.5 Å². The molecule has 6 rings (SSSR count). The smallest absolute Gasteiger partial charge is 0.297 e. The molecular weight excluding hydrogens is 516 g/mol. The number of anilines is 1. The summed E-state index contributed by atoms with van der Waals surface area (Å²) in [6.07, 6.45) is 0. The highest BCUT2D eigenvalue weighted by Gasteiger charge is 2.46. The number of aryl methyl sites for hydroxylation is 1. The monoisotopic (exact) mass is 533 g/mol. The molecule has 0 spiro atoms. The largest absolute Gasteiger partial charge is 0.450 e. The summed E-state index contributed by atoms with van der Waals surface area (Å²) in [6.45, 7) is 2.02. The van der Waals surface area contributed by atoms with Crippen LogP contribution >= 0.6 is 23.1 Å². The predicted molar refractivity (Wildman–Crippen MR) is 138 cm³/mol. The summed E-state index contributed by atoms with van der Waals surface area (Å²) >= 11 is 2.62. The van der Waals surface area contributed by atoms with Crippen molar-refractivity contribution in [1.82, 2.24) is 10.2 Å². The first-order valence-corrected chi connectivity index (χ1v) is 13.1. The molecule has 6 nitrogen and oxygen atoms in total. The standard InChI is InChI=1S/C27H17F2N3O3S2/c1-14-6-8-15(9-7-14)13-36-27-31-30-26(37-27)32-22(17-4-2-3-5-19(17)29)21-23(33)18-12-16(28)10-11-20(18)35-24(21)25(32)34/h2-12,22H,13H2,1H3. The van der Waals surface area contributed by atoms with Gasteiger partial charge in [-0.2, -0.15) is 0 Å². The van der Waals surface area contributed by atoms with Gasteiger partial charge < -0.3 is 4.42 Å². The van der Waals surface area contributed by atoms with Crippen LogP contribution in [0.1, 0.15) is 38.9 Å². The lowest BCUT2D eigenvalue weighted by Crippen LogP contribution is -2.30. The van der Waals surface area contributed by atoms with Crippen molar-refractivity contribution in [2.45, 2.75) is 23.1 Å². The number of nitrogens with zero attached hydrogens (tertiary/aromatic N) is 3. The van der Waals surface area contributed by atoms with Crippen molar-refractivity contribution >= 4 is 45.1 Å². The van der Waals surface area contributed by atoms with Gasteiger partial charge in [0.2, 0.25) is 10.9 Å². The molecule has 1 aliphatic rings. The van der Waals surface area contributed by atoms with Gasteiger partial charge in [-0.05, 0) is 36.8 Å². The number of rotatable bonds is 5. The summed E-state index contributed by atoms with van der Waals surface area (Å²) in [5.74, 6) is -1.44. The normalized spacial score (nSPS) is 14.9. The highest BCUT2D eigenvalue weighted by molar-refractivity contribution is 8.00. The molecule has 1 aliphatic heterocycles. The maximum atomic E-state index is 15.0. The predicted octanol–water partition coefficient (Wildman–Crippen LogP) is 6.27. The van der Waals surface area contributed by atoms with Gasteiger partial charge in [-0.25, -0.2) is 8.78 Å². The Morgan fingerprint density at radius 1 is 1.03 bits per heavy atom. The molecule has 3 heterocycles. The van der Waals surface area contributed by atoms with Gasteiger partial charge in [0.15, 0.2) is 9.77 Å². The fraction of sp³-hybridized carbons (Fsp3) is 0.111. The Hall–Kier alpha value is -3.89. The Morgan fingerprint density at radius 3 is 2.59 bits per heavy atom. The summed E-state index contributed by atoms with van der Waals surface area (Å²) in [4.78, 5) is 28.4. The zero-order valence-corrected chi connectivity index (χ0v) is 20.9. The third-order valence-corrected chi connectivity index (χ3v) is 8.24. The maximum absolute atomic E-state index is 15.0. The highest BCUT2D eigenvalue weighted by Crippen LogP contribution is 2.44. The zero-order chi connectivity index (χ0) is 25.7. The van der Waals surface area contributed by atoms with Crippen LogP contribution in [0.3, 0.4) is 0 Å². The van der Waals surface area contributed by atoms with Crippen molar-refractivity contribution in [3.05, 3.63) is 117 Å². The molecule has 5 aromatic rings. The van der Waals surface area contributed by atoms with E-state index in [4.69, 9.17) is 4.42 Å². The lowest BCUT2D eigenvalue weighted by Gasteiger charge is -2.22. The van der Waals surface area contributed by atoms with Crippen LogP contribution in [0, 0.1) is 18.6 Å². The first-order chi connectivity index (χ1) is 17.9. The molecule has 0 bridgehead atoms.